The van der Waals surface area contributed by atoms with E-state index in [9.17, 15) is 46.1 Å². The number of aromatic amines is 3. The van der Waals surface area contributed by atoms with Gasteiger partial charge in [0.1, 0.15) is 40.7 Å². The standard InChI is InChI=1S/C12H7FN2O.C12H10FNO.C11H7F2NO.C11H6FN3O.C10H6F2N2O.2Al.3Be.2H/c1-14-10-6-8(13)7-11(16)12(10)9-4-2-3-5-15-9;1-8-6-9(13)12(11(15)7-8)10-4-2-3-5-14-10;12-7-5-8(13)11(10(15)6-7)9-3-1-2-4-14-9;1-13-8-4-7(12)5-10(16)11(8)9-6-14-2-3-15-9;11-6-4-7(12)9(8(15)5-6)10-13-2-1-3-14-10;;;;;;;/h2-7,16H;2-7,15H,1H3;1-6,15H;2-6,16H;1-5,15H;;;;;;;/q;;;;;2*+1;3*+2;;/p-2. The Labute approximate surface area is 492 Å². The molecule has 14 nitrogen and oxygen atoms in total. The molecule has 0 unspecified atom stereocenters. The van der Waals surface area contributed by atoms with Gasteiger partial charge in [-0.1, -0.05) is 17.6 Å². The van der Waals surface area contributed by atoms with E-state index in [4.69, 9.17) is 20.7 Å². The second kappa shape index (κ2) is 32.7. The fourth-order valence-corrected chi connectivity index (χ4v) is 7.58. The van der Waals surface area contributed by atoms with Gasteiger partial charge in [0.2, 0.25) is 22.8 Å². The average Bonchev–Trinajstić information content (AvgIpc) is 3.56. The zero-order valence-corrected chi connectivity index (χ0v) is 45.9. The second-order valence-electron chi connectivity index (χ2n) is 15.7. The smallest absolute Gasteiger partial charge is 0.873 e. The summed E-state index contributed by atoms with van der Waals surface area (Å²) in [6.45, 7) is 15.7. The van der Waals surface area contributed by atoms with E-state index in [-0.39, 0.29) is 87.1 Å². The van der Waals surface area contributed by atoms with Crippen molar-refractivity contribution in [2.45, 2.75) is 6.92 Å². The van der Waals surface area contributed by atoms with Crippen molar-refractivity contribution in [1.82, 2.24) is 19.9 Å². The normalized spacial score (nSPS) is 9.63. The van der Waals surface area contributed by atoms with Crippen LogP contribution in [-0.4, -0.2) is 83.5 Å². The molecule has 5 aromatic carbocycles. The van der Waals surface area contributed by atoms with Crippen LogP contribution in [0.4, 0.5) is 42.1 Å². The molecule has 0 fully saturated rings. The summed E-state index contributed by atoms with van der Waals surface area (Å²) >= 11 is 2.35. The number of halogens is 7. The number of aryl methyl sites for hydroxylation is 1. The number of hydrogen-bond acceptors (Lipinski definition) is 9. The summed E-state index contributed by atoms with van der Waals surface area (Å²) < 4.78 is 102. The summed E-state index contributed by atoms with van der Waals surface area (Å²) in [7, 11) is 0. The molecule has 0 aliphatic carbocycles. The number of nitrogens with one attached hydrogen (secondary N) is 3. The SMILES string of the molecule is Cc1cc([O-])c(-c2cccc[nH+]2)c(F)c1.Fc1cc(F)c(-c2ncccn2)c([O][AlH])c1.[Be+2].[Be+2].[Be+2].[C-]#[N+]c1cc(F)cc([O-])c1-c1cccc[nH+]1.[C-]#[N+]c1cc(F)cc([O][AlH])c1-c1cnccn1.[O-]c1cc(F)cc(F)c1-c1cccc[nH+]1. The summed E-state index contributed by atoms with van der Waals surface area (Å²) in [4.78, 5) is 30.7. The molecule has 0 saturated carbocycles. The first kappa shape index (κ1) is 67.0. The van der Waals surface area contributed by atoms with Crippen LogP contribution in [0.15, 0.2) is 171 Å². The Morgan fingerprint density at radius 1 is 0.463 bits per heavy atom. The molecule has 0 atom stereocenters. The van der Waals surface area contributed by atoms with Crippen molar-refractivity contribution in [3.63, 3.8) is 0 Å². The number of hydrogen-bond donors (Lipinski definition) is 0. The summed E-state index contributed by atoms with van der Waals surface area (Å²) in [5.41, 5.74) is 3.34. The molecule has 0 amide bonds. The van der Waals surface area contributed by atoms with Crippen LogP contribution in [0, 0.1) is 60.8 Å². The molecule has 82 heavy (non-hydrogen) atoms. The molecule has 0 aliphatic heterocycles. The van der Waals surface area contributed by atoms with Crippen LogP contribution in [0.3, 0.4) is 0 Å². The molecule has 2 radical (unpaired) electrons. The number of H-pyrrole nitrogens is 3. The van der Waals surface area contributed by atoms with E-state index in [0.29, 0.717) is 40.0 Å². The Morgan fingerprint density at radius 3 is 1.32 bits per heavy atom. The predicted octanol–water partition coefficient (Wildman–Crippen LogP) is 7.64. The van der Waals surface area contributed by atoms with E-state index >= 15 is 0 Å². The maximum absolute atomic E-state index is 13.6. The average molecular weight is 1130 g/mol. The van der Waals surface area contributed by atoms with Gasteiger partial charge in [-0.25, -0.2) is 65.3 Å². The fourth-order valence-electron chi connectivity index (χ4n) is 7.12. The molecule has 0 aliphatic rings. The third-order valence-electron chi connectivity index (χ3n) is 10.4. The Balaban J connectivity index is 0.000000267. The number of aromatic nitrogens is 7. The summed E-state index contributed by atoms with van der Waals surface area (Å²) in [6, 6.07) is 27.3. The van der Waals surface area contributed by atoms with E-state index < -0.39 is 52.2 Å². The van der Waals surface area contributed by atoms with Crippen LogP contribution in [-0.2, 0) is 0 Å². The molecular formula is C56H36Al2Be3F7N9O5+6. The van der Waals surface area contributed by atoms with E-state index in [0.717, 1.165) is 53.0 Å². The maximum Gasteiger partial charge on any atom is 2.00 e. The maximum atomic E-state index is 13.6. The molecule has 5 aromatic heterocycles. The molecule has 10 rings (SSSR count). The van der Waals surface area contributed by atoms with E-state index in [1.807, 2.05) is 0 Å². The Kier molecular flexibility index (Phi) is 26.8. The van der Waals surface area contributed by atoms with Crippen LogP contribution in [0.25, 0.3) is 66.1 Å². The van der Waals surface area contributed by atoms with Gasteiger partial charge in [0, 0.05) is 96.6 Å². The summed E-state index contributed by atoms with van der Waals surface area (Å²) in [6.07, 6.45) is 12.4. The molecule has 0 spiro atoms. The van der Waals surface area contributed by atoms with Gasteiger partial charge in [-0.15, -0.1) is 5.75 Å². The van der Waals surface area contributed by atoms with E-state index in [1.54, 1.807) is 86.2 Å². The van der Waals surface area contributed by atoms with Gasteiger partial charge in [-0.2, -0.15) is 0 Å². The first-order valence-electron chi connectivity index (χ1n) is 22.6. The number of rotatable bonds is 7. The van der Waals surface area contributed by atoms with Gasteiger partial charge in [0.25, 0.3) is 0 Å². The molecule has 0 bridgehead atoms. The third-order valence-corrected chi connectivity index (χ3v) is 11.0. The Morgan fingerprint density at radius 2 is 0.878 bits per heavy atom. The van der Waals surface area contributed by atoms with Crippen molar-refractivity contribution >= 4 is 75.0 Å². The van der Waals surface area contributed by atoms with E-state index in [1.165, 1.54) is 65.8 Å². The van der Waals surface area contributed by atoms with Crippen LogP contribution in [0.2, 0.25) is 0 Å². The second-order valence-corrected chi connectivity index (χ2v) is 16.3. The number of nitrogens with zero attached hydrogens (tertiary/aromatic N) is 6. The quantitative estimate of drug-likeness (QED) is 0.0877. The van der Waals surface area contributed by atoms with Gasteiger partial charge in [-0.05, 0) is 67.1 Å². The minimum atomic E-state index is -0.864. The van der Waals surface area contributed by atoms with Gasteiger partial charge in [0.15, 0.2) is 30.1 Å². The van der Waals surface area contributed by atoms with Gasteiger partial charge in [0.05, 0.1) is 53.2 Å². The topological polar surface area (TPSA) is 190 Å². The van der Waals surface area contributed by atoms with E-state index in [2.05, 4.69) is 44.6 Å². The van der Waals surface area contributed by atoms with Gasteiger partial charge < -0.3 is 22.9 Å². The van der Waals surface area contributed by atoms with Crippen LogP contribution in [0.5, 0.6) is 28.7 Å². The minimum absolute atomic E-state index is 0. The zero-order chi connectivity index (χ0) is 57.0. The van der Waals surface area contributed by atoms with Crippen LogP contribution < -0.4 is 37.8 Å². The van der Waals surface area contributed by atoms with Crippen molar-refractivity contribution in [3.8, 4) is 85.2 Å². The first-order chi connectivity index (χ1) is 38.1. The van der Waals surface area contributed by atoms with Crippen molar-refractivity contribution in [1.29, 1.82) is 0 Å². The zero-order valence-electron chi connectivity index (χ0n) is 43.1. The van der Waals surface area contributed by atoms with Crippen molar-refractivity contribution < 1.29 is 68.6 Å². The van der Waals surface area contributed by atoms with Crippen molar-refractivity contribution in [2.24, 2.45) is 0 Å². The van der Waals surface area contributed by atoms with Gasteiger partial charge in [-0.3, -0.25) is 9.97 Å². The molecule has 390 valence electrons. The summed E-state index contributed by atoms with van der Waals surface area (Å²) in [5.74, 6) is -5.76. The first-order valence-corrected chi connectivity index (χ1v) is 23.7. The van der Waals surface area contributed by atoms with Crippen LogP contribution >= 0.6 is 0 Å². The minimum Gasteiger partial charge on any atom is -0.873 e. The molecule has 5 heterocycles. The summed E-state index contributed by atoms with van der Waals surface area (Å²) in [5, 5.41) is 34.6. The Bertz CT molecular complexity index is 3650. The predicted molar refractivity (Wildman–Crippen MR) is 288 cm³/mol. The number of pyridine rings is 3. The van der Waals surface area contributed by atoms with Gasteiger partial charge >= 0.3 is 63.6 Å². The largest absolute Gasteiger partial charge is 2.00 e. The molecular weight excluding hydrogens is 1090 g/mol. The Hall–Kier alpha value is -9.23. The fraction of sp³-hybridized carbons (Fsp3) is 0.0179. The molecule has 3 N–H and O–H groups in total. The third kappa shape index (κ3) is 17.9. The molecule has 0 saturated heterocycles. The van der Waals surface area contributed by atoms with Crippen molar-refractivity contribution in [3.05, 3.63) is 240 Å². The van der Waals surface area contributed by atoms with Crippen LogP contribution in [0.1, 0.15) is 5.56 Å². The van der Waals surface area contributed by atoms with Crippen molar-refractivity contribution in [2.75, 3.05) is 0 Å². The number of benzene rings is 5. The molecule has 10 aromatic rings. The molecule has 26 heteroatoms. The monoisotopic (exact) mass is 1130 g/mol.